The van der Waals surface area contributed by atoms with Crippen LogP contribution < -0.4 is 5.32 Å². The standard InChI is InChI=1S/C22H27ClN2O2S/c1-4-24-22(27)17(3)25(15-18-7-5-16(2)6-8-18)21(26)13-14-28-20-11-9-19(23)10-12-20/h5-12,17H,4,13-15H2,1-3H3,(H,24,27)/t17-/m0/s1. The second-order valence-corrected chi connectivity index (χ2v) is 8.23. The third-order valence-electron chi connectivity index (χ3n) is 4.39. The molecule has 0 radical (unpaired) electrons. The first-order chi connectivity index (χ1) is 13.4. The number of nitrogens with one attached hydrogen (secondary N) is 1. The number of rotatable bonds is 9. The van der Waals surface area contributed by atoms with Gasteiger partial charge in [0.15, 0.2) is 0 Å². The van der Waals surface area contributed by atoms with Crippen molar-refractivity contribution < 1.29 is 9.59 Å². The summed E-state index contributed by atoms with van der Waals surface area (Å²) in [6.07, 6.45) is 0.364. The van der Waals surface area contributed by atoms with Crippen molar-refractivity contribution in [3.8, 4) is 0 Å². The predicted octanol–water partition coefficient (Wildman–Crippen LogP) is 4.68. The number of benzene rings is 2. The Bertz CT molecular complexity index is 778. The van der Waals surface area contributed by atoms with Crippen LogP contribution in [0.5, 0.6) is 0 Å². The highest BCUT2D eigenvalue weighted by Crippen LogP contribution is 2.22. The van der Waals surface area contributed by atoms with Gasteiger partial charge in [0.25, 0.3) is 0 Å². The number of aryl methyl sites for hydroxylation is 1. The van der Waals surface area contributed by atoms with Crippen molar-refractivity contribution in [2.75, 3.05) is 12.3 Å². The lowest BCUT2D eigenvalue weighted by molar-refractivity contribution is -0.140. The van der Waals surface area contributed by atoms with E-state index in [0.717, 1.165) is 16.0 Å². The summed E-state index contributed by atoms with van der Waals surface area (Å²) in [7, 11) is 0. The van der Waals surface area contributed by atoms with Crippen LogP contribution in [-0.4, -0.2) is 35.1 Å². The molecule has 0 aliphatic heterocycles. The molecule has 2 aromatic carbocycles. The van der Waals surface area contributed by atoms with E-state index in [-0.39, 0.29) is 11.8 Å². The molecule has 2 amide bonds. The quantitative estimate of drug-likeness (QED) is 0.601. The summed E-state index contributed by atoms with van der Waals surface area (Å²) in [5.41, 5.74) is 2.18. The highest BCUT2D eigenvalue weighted by molar-refractivity contribution is 7.99. The van der Waals surface area contributed by atoms with Crippen LogP contribution in [0.15, 0.2) is 53.4 Å². The Morgan fingerprint density at radius 2 is 1.75 bits per heavy atom. The van der Waals surface area contributed by atoms with E-state index in [1.54, 1.807) is 23.6 Å². The van der Waals surface area contributed by atoms with Gasteiger partial charge in [-0.05, 0) is 50.6 Å². The fourth-order valence-corrected chi connectivity index (χ4v) is 3.69. The van der Waals surface area contributed by atoms with E-state index >= 15 is 0 Å². The minimum absolute atomic E-state index is 0.0270. The zero-order valence-corrected chi connectivity index (χ0v) is 18.1. The van der Waals surface area contributed by atoms with Crippen molar-refractivity contribution in [3.63, 3.8) is 0 Å². The van der Waals surface area contributed by atoms with E-state index < -0.39 is 6.04 Å². The number of carbonyl (C=O) groups is 2. The van der Waals surface area contributed by atoms with Gasteiger partial charge >= 0.3 is 0 Å². The Hall–Kier alpha value is -1.98. The maximum Gasteiger partial charge on any atom is 0.242 e. The molecular weight excluding hydrogens is 392 g/mol. The first kappa shape index (κ1) is 22.3. The smallest absolute Gasteiger partial charge is 0.242 e. The summed E-state index contributed by atoms with van der Waals surface area (Å²) < 4.78 is 0. The number of hydrogen-bond donors (Lipinski definition) is 1. The van der Waals surface area contributed by atoms with Gasteiger partial charge in [0.2, 0.25) is 11.8 Å². The van der Waals surface area contributed by atoms with Gasteiger partial charge in [-0.15, -0.1) is 11.8 Å². The van der Waals surface area contributed by atoms with Gasteiger partial charge < -0.3 is 10.2 Å². The van der Waals surface area contributed by atoms with Crippen LogP contribution in [0.1, 0.15) is 31.4 Å². The third kappa shape index (κ3) is 6.88. The molecule has 28 heavy (non-hydrogen) atoms. The lowest BCUT2D eigenvalue weighted by atomic mass is 10.1. The van der Waals surface area contributed by atoms with Crippen LogP contribution in [0.4, 0.5) is 0 Å². The molecule has 2 aromatic rings. The van der Waals surface area contributed by atoms with E-state index in [1.165, 1.54) is 0 Å². The molecule has 0 unspecified atom stereocenters. The molecular formula is C22H27ClN2O2S. The summed E-state index contributed by atoms with van der Waals surface area (Å²) in [6.45, 7) is 6.64. The van der Waals surface area contributed by atoms with Gasteiger partial charge in [0.05, 0.1) is 0 Å². The van der Waals surface area contributed by atoms with Gasteiger partial charge in [-0.2, -0.15) is 0 Å². The molecule has 150 valence electrons. The van der Waals surface area contributed by atoms with Crippen LogP contribution in [0.3, 0.4) is 0 Å². The Labute approximate surface area is 176 Å². The SMILES string of the molecule is CCNC(=O)[C@H](C)N(Cc1ccc(C)cc1)C(=O)CCSc1ccc(Cl)cc1. The molecule has 0 saturated heterocycles. The average molecular weight is 419 g/mol. The highest BCUT2D eigenvalue weighted by atomic mass is 35.5. The van der Waals surface area contributed by atoms with E-state index in [4.69, 9.17) is 11.6 Å². The molecule has 4 nitrogen and oxygen atoms in total. The molecule has 0 heterocycles. The molecule has 0 aliphatic carbocycles. The van der Waals surface area contributed by atoms with Crippen LogP contribution in [0.25, 0.3) is 0 Å². The molecule has 0 bridgehead atoms. The number of halogens is 1. The average Bonchev–Trinajstić information content (AvgIpc) is 2.68. The Kier molecular flexibility index (Phi) is 8.87. The zero-order valence-electron chi connectivity index (χ0n) is 16.6. The maximum atomic E-state index is 12.9. The number of amides is 2. The van der Waals surface area contributed by atoms with Gasteiger partial charge in [0.1, 0.15) is 6.04 Å². The number of likely N-dealkylation sites (N-methyl/N-ethyl adjacent to an activating group) is 1. The van der Waals surface area contributed by atoms with Gasteiger partial charge in [-0.1, -0.05) is 41.4 Å². The second kappa shape index (κ2) is 11.1. The molecule has 0 spiro atoms. The number of carbonyl (C=O) groups excluding carboxylic acids is 2. The summed E-state index contributed by atoms with van der Waals surface area (Å²) in [6, 6.07) is 15.1. The Morgan fingerprint density at radius 1 is 1.11 bits per heavy atom. The van der Waals surface area contributed by atoms with Crippen LogP contribution >= 0.6 is 23.4 Å². The van der Waals surface area contributed by atoms with Crippen molar-refractivity contribution in [2.24, 2.45) is 0 Å². The van der Waals surface area contributed by atoms with Crippen molar-refractivity contribution in [1.82, 2.24) is 10.2 Å². The first-order valence-corrected chi connectivity index (χ1v) is 10.8. The number of thioether (sulfide) groups is 1. The summed E-state index contributed by atoms with van der Waals surface area (Å²) in [5.74, 6) is 0.488. The maximum absolute atomic E-state index is 12.9. The van der Waals surface area contributed by atoms with Crippen molar-refractivity contribution in [2.45, 2.75) is 44.7 Å². The third-order valence-corrected chi connectivity index (χ3v) is 5.66. The second-order valence-electron chi connectivity index (χ2n) is 6.63. The fraction of sp³-hybridized carbons (Fsp3) is 0.364. The van der Waals surface area contributed by atoms with Crippen molar-refractivity contribution in [3.05, 3.63) is 64.7 Å². The Balaban J connectivity index is 2.03. The van der Waals surface area contributed by atoms with Crippen molar-refractivity contribution in [1.29, 1.82) is 0 Å². The minimum Gasteiger partial charge on any atom is -0.355 e. The molecule has 0 fully saturated rings. The lowest BCUT2D eigenvalue weighted by Crippen LogP contribution is -2.47. The molecule has 1 atom stereocenters. The van der Waals surface area contributed by atoms with Crippen LogP contribution in [0.2, 0.25) is 5.02 Å². The molecule has 0 aliphatic rings. The lowest BCUT2D eigenvalue weighted by Gasteiger charge is -2.28. The van der Waals surface area contributed by atoms with Gasteiger partial charge in [-0.3, -0.25) is 9.59 Å². The normalized spacial score (nSPS) is 11.7. The predicted molar refractivity (Wildman–Crippen MR) is 117 cm³/mol. The molecule has 1 N–H and O–H groups in total. The number of nitrogens with zero attached hydrogens (tertiary/aromatic N) is 1. The van der Waals surface area contributed by atoms with Crippen LogP contribution in [-0.2, 0) is 16.1 Å². The topological polar surface area (TPSA) is 49.4 Å². The minimum atomic E-state index is -0.519. The zero-order chi connectivity index (χ0) is 20.5. The van der Waals surface area contributed by atoms with E-state index in [2.05, 4.69) is 5.32 Å². The van der Waals surface area contributed by atoms with Gasteiger partial charge in [0, 0.05) is 35.2 Å². The molecule has 0 aromatic heterocycles. The largest absolute Gasteiger partial charge is 0.355 e. The summed E-state index contributed by atoms with van der Waals surface area (Å²) in [5, 5.41) is 3.51. The fourth-order valence-electron chi connectivity index (χ4n) is 2.73. The van der Waals surface area contributed by atoms with Crippen LogP contribution in [0, 0.1) is 6.92 Å². The first-order valence-electron chi connectivity index (χ1n) is 9.41. The Morgan fingerprint density at radius 3 is 2.36 bits per heavy atom. The summed E-state index contributed by atoms with van der Waals surface area (Å²) >= 11 is 7.51. The molecule has 2 rings (SSSR count). The molecule has 6 heteroatoms. The van der Waals surface area contributed by atoms with E-state index in [9.17, 15) is 9.59 Å². The number of hydrogen-bond acceptors (Lipinski definition) is 3. The highest BCUT2D eigenvalue weighted by Gasteiger charge is 2.25. The monoisotopic (exact) mass is 418 g/mol. The molecule has 0 saturated carbocycles. The van der Waals surface area contributed by atoms with Gasteiger partial charge in [-0.25, -0.2) is 0 Å². The van der Waals surface area contributed by atoms with Crippen molar-refractivity contribution >= 4 is 35.2 Å². The summed E-state index contributed by atoms with van der Waals surface area (Å²) in [4.78, 5) is 28.0. The van der Waals surface area contributed by atoms with E-state index in [0.29, 0.717) is 30.3 Å². The van der Waals surface area contributed by atoms with E-state index in [1.807, 2.05) is 62.4 Å².